The second-order valence-electron chi connectivity index (χ2n) is 4.27. The zero-order valence-corrected chi connectivity index (χ0v) is 10.4. The first kappa shape index (κ1) is 13.3. The quantitative estimate of drug-likeness (QED) is 0.639. The molecule has 5 nitrogen and oxygen atoms in total. The Balaban J connectivity index is 2.45. The number of nitrogens with one attached hydrogen (secondary N) is 2. The lowest BCUT2D eigenvalue weighted by atomic mass is 9.99. The van der Waals surface area contributed by atoms with Gasteiger partial charge in [0.05, 0.1) is 6.54 Å². The van der Waals surface area contributed by atoms with Gasteiger partial charge in [-0.3, -0.25) is 14.9 Å². The van der Waals surface area contributed by atoms with Crippen LogP contribution < -0.4 is 10.6 Å². The van der Waals surface area contributed by atoms with Crippen molar-refractivity contribution in [3.63, 3.8) is 0 Å². The van der Waals surface area contributed by atoms with Gasteiger partial charge in [-0.15, -0.1) is 0 Å². The molecule has 0 aliphatic carbocycles. The largest absolute Gasteiger partial charge is 0.480 e. The van der Waals surface area contributed by atoms with Crippen LogP contribution >= 0.6 is 11.8 Å². The number of carboxylic acids is 1. The Bertz CT molecular complexity index is 275. The third-order valence-electron chi connectivity index (χ3n) is 2.47. The second-order valence-corrected chi connectivity index (χ2v) is 5.37. The molecule has 0 saturated carbocycles. The molecule has 1 heterocycles. The summed E-state index contributed by atoms with van der Waals surface area (Å²) in [7, 11) is 0. The highest BCUT2D eigenvalue weighted by molar-refractivity contribution is 7.99. The molecule has 0 radical (unpaired) electrons. The van der Waals surface area contributed by atoms with E-state index < -0.39 is 11.5 Å². The van der Waals surface area contributed by atoms with Crippen molar-refractivity contribution in [1.29, 1.82) is 0 Å². The summed E-state index contributed by atoms with van der Waals surface area (Å²) in [5.74, 6) is 0.324. The standard InChI is InChI=1S/C10H18N2O3S/c1-7(2)12-8(13)5-11-10(9(14)15)3-4-16-6-10/h7,11H,3-6H2,1-2H3,(H,12,13)(H,14,15). The smallest absolute Gasteiger partial charge is 0.324 e. The molecule has 0 aromatic rings. The van der Waals surface area contributed by atoms with Crippen molar-refractivity contribution in [2.75, 3.05) is 18.1 Å². The summed E-state index contributed by atoms with van der Waals surface area (Å²) >= 11 is 1.60. The minimum atomic E-state index is -0.918. The highest BCUT2D eigenvalue weighted by atomic mass is 32.2. The number of carbonyl (C=O) groups excluding carboxylic acids is 1. The van der Waals surface area contributed by atoms with Crippen LogP contribution in [0.3, 0.4) is 0 Å². The lowest BCUT2D eigenvalue weighted by molar-refractivity contribution is -0.143. The number of carbonyl (C=O) groups is 2. The molecule has 92 valence electrons. The molecular weight excluding hydrogens is 228 g/mol. The second kappa shape index (κ2) is 5.54. The molecule has 0 aromatic carbocycles. The number of rotatable bonds is 5. The first-order valence-electron chi connectivity index (χ1n) is 5.32. The molecular formula is C10H18N2O3S. The Morgan fingerprint density at radius 3 is 2.62 bits per heavy atom. The fraction of sp³-hybridized carbons (Fsp3) is 0.800. The molecule has 6 heteroatoms. The van der Waals surface area contributed by atoms with Gasteiger partial charge in [0.1, 0.15) is 5.54 Å². The van der Waals surface area contributed by atoms with Gasteiger partial charge in [-0.25, -0.2) is 0 Å². The van der Waals surface area contributed by atoms with Gasteiger partial charge in [0.25, 0.3) is 0 Å². The zero-order valence-electron chi connectivity index (χ0n) is 9.58. The number of aliphatic carboxylic acids is 1. The van der Waals surface area contributed by atoms with E-state index in [-0.39, 0.29) is 18.5 Å². The maximum Gasteiger partial charge on any atom is 0.324 e. The van der Waals surface area contributed by atoms with Crippen LogP contribution in [-0.4, -0.2) is 46.6 Å². The van der Waals surface area contributed by atoms with Crippen LogP contribution in [0.1, 0.15) is 20.3 Å². The van der Waals surface area contributed by atoms with Gasteiger partial charge in [0.15, 0.2) is 0 Å². The molecule has 1 unspecified atom stereocenters. The van der Waals surface area contributed by atoms with Crippen molar-refractivity contribution in [3.05, 3.63) is 0 Å². The van der Waals surface area contributed by atoms with E-state index in [1.807, 2.05) is 13.8 Å². The predicted molar refractivity (Wildman–Crippen MR) is 63.6 cm³/mol. The third-order valence-corrected chi connectivity index (χ3v) is 3.66. The molecule has 0 bridgehead atoms. The molecule has 1 aliphatic rings. The maximum absolute atomic E-state index is 11.4. The topological polar surface area (TPSA) is 78.4 Å². The fourth-order valence-corrected chi connectivity index (χ4v) is 2.93. The van der Waals surface area contributed by atoms with Gasteiger partial charge in [-0.05, 0) is 26.0 Å². The summed E-state index contributed by atoms with van der Waals surface area (Å²) in [6.07, 6.45) is 0.571. The molecule has 1 fully saturated rings. The summed E-state index contributed by atoms with van der Waals surface area (Å²) in [4.78, 5) is 22.6. The van der Waals surface area contributed by atoms with Crippen molar-refractivity contribution < 1.29 is 14.7 Å². The highest BCUT2D eigenvalue weighted by Gasteiger charge is 2.41. The average molecular weight is 246 g/mol. The monoisotopic (exact) mass is 246 g/mol. The van der Waals surface area contributed by atoms with Crippen molar-refractivity contribution in [1.82, 2.24) is 10.6 Å². The van der Waals surface area contributed by atoms with Crippen LogP contribution in [0.5, 0.6) is 0 Å². The van der Waals surface area contributed by atoms with Crippen molar-refractivity contribution in [3.8, 4) is 0 Å². The molecule has 0 spiro atoms. The lowest BCUT2D eigenvalue weighted by Crippen LogP contribution is -2.55. The van der Waals surface area contributed by atoms with E-state index in [0.717, 1.165) is 5.75 Å². The first-order valence-corrected chi connectivity index (χ1v) is 6.47. The number of hydrogen-bond donors (Lipinski definition) is 3. The minimum Gasteiger partial charge on any atom is -0.480 e. The van der Waals surface area contributed by atoms with E-state index in [0.29, 0.717) is 12.2 Å². The van der Waals surface area contributed by atoms with Crippen molar-refractivity contribution >= 4 is 23.6 Å². The number of hydrogen-bond acceptors (Lipinski definition) is 4. The molecule has 1 rings (SSSR count). The molecule has 0 aromatic heterocycles. The lowest BCUT2D eigenvalue weighted by Gasteiger charge is -2.24. The Hall–Kier alpha value is -0.750. The van der Waals surface area contributed by atoms with Gasteiger partial charge in [0, 0.05) is 11.8 Å². The van der Waals surface area contributed by atoms with E-state index in [1.165, 1.54) is 0 Å². The Morgan fingerprint density at radius 2 is 2.19 bits per heavy atom. The van der Waals surface area contributed by atoms with E-state index in [4.69, 9.17) is 5.11 Å². The van der Waals surface area contributed by atoms with E-state index >= 15 is 0 Å². The van der Waals surface area contributed by atoms with Crippen LogP contribution in [0.4, 0.5) is 0 Å². The van der Waals surface area contributed by atoms with Gasteiger partial charge in [-0.2, -0.15) is 11.8 Å². The Kier molecular flexibility index (Phi) is 4.61. The average Bonchev–Trinajstić information content (AvgIpc) is 2.63. The predicted octanol–water partition coefficient (Wildman–Crippen LogP) is 0.0609. The van der Waals surface area contributed by atoms with E-state index in [9.17, 15) is 9.59 Å². The summed E-state index contributed by atoms with van der Waals surface area (Å²) in [6.45, 7) is 3.80. The molecule has 16 heavy (non-hydrogen) atoms. The zero-order chi connectivity index (χ0) is 12.2. The van der Waals surface area contributed by atoms with Gasteiger partial charge < -0.3 is 10.4 Å². The number of amides is 1. The van der Waals surface area contributed by atoms with E-state index in [2.05, 4.69) is 10.6 Å². The summed E-state index contributed by atoms with van der Waals surface area (Å²) in [5.41, 5.74) is -0.918. The van der Waals surface area contributed by atoms with Crippen molar-refractivity contribution in [2.45, 2.75) is 31.8 Å². The van der Waals surface area contributed by atoms with Crippen molar-refractivity contribution in [2.24, 2.45) is 0 Å². The maximum atomic E-state index is 11.4. The van der Waals surface area contributed by atoms with E-state index in [1.54, 1.807) is 11.8 Å². The molecule has 1 atom stereocenters. The Labute approximate surface area is 99.4 Å². The minimum absolute atomic E-state index is 0.0606. The van der Waals surface area contributed by atoms with Gasteiger partial charge >= 0.3 is 5.97 Å². The summed E-state index contributed by atoms with van der Waals surface area (Å²) < 4.78 is 0. The van der Waals surface area contributed by atoms with Crippen LogP contribution in [0, 0.1) is 0 Å². The Morgan fingerprint density at radius 1 is 1.50 bits per heavy atom. The summed E-state index contributed by atoms with van der Waals surface area (Å²) in [6, 6.07) is 0.0769. The molecule has 3 N–H and O–H groups in total. The molecule has 1 saturated heterocycles. The first-order chi connectivity index (χ1) is 7.46. The van der Waals surface area contributed by atoms with Gasteiger partial charge in [0.2, 0.25) is 5.91 Å². The SMILES string of the molecule is CC(C)NC(=O)CNC1(C(=O)O)CCSC1. The normalized spacial score (nSPS) is 24.7. The molecule has 1 amide bonds. The molecule has 1 aliphatic heterocycles. The van der Waals surface area contributed by atoms with Crippen LogP contribution in [0.2, 0.25) is 0 Å². The number of carboxylic acid groups (broad SMARTS) is 1. The van der Waals surface area contributed by atoms with Gasteiger partial charge in [-0.1, -0.05) is 0 Å². The fourth-order valence-electron chi connectivity index (χ4n) is 1.57. The summed E-state index contributed by atoms with van der Waals surface area (Å²) in [5, 5.41) is 14.7. The number of thioether (sulfide) groups is 1. The van der Waals surface area contributed by atoms with Crippen LogP contribution in [0.25, 0.3) is 0 Å². The van der Waals surface area contributed by atoms with Crippen LogP contribution in [0.15, 0.2) is 0 Å². The third kappa shape index (κ3) is 3.38. The van der Waals surface area contributed by atoms with Crippen LogP contribution in [-0.2, 0) is 9.59 Å². The highest BCUT2D eigenvalue weighted by Crippen LogP contribution is 2.27.